The molecule has 0 radical (unpaired) electrons. The maximum atomic E-state index is 5.69. The summed E-state index contributed by atoms with van der Waals surface area (Å²) < 4.78 is 0. The Morgan fingerprint density at radius 3 is 3.00 bits per heavy atom. The molecule has 0 bridgehead atoms. The van der Waals surface area contributed by atoms with Gasteiger partial charge in [0.05, 0.1) is 11.6 Å². The van der Waals surface area contributed by atoms with Gasteiger partial charge in [-0.15, -0.1) is 22.9 Å². The largest absolute Gasteiger partial charge is 0.241 e. The molecule has 0 saturated carbocycles. The monoisotopic (exact) mass is 224 g/mol. The van der Waals surface area contributed by atoms with Crippen LogP contribution < -0.4 is 0 Å². The molecular weight excluding hydrogens is 216 g/mol. The Bertz CT molecular complexity index is 400. The summed E-state index contributed by atoms with van der Waals surface area (Å²) in [6.07, 6.45) is 2.55. The van der Waals surface area contributed by atoms with E-state index < -0.39 is 0 Å². The summed E-state index contributed by atoms with van der Waals surface area (Å²) in [5, 5.41) is 2.06. The molecule has 0 aliphatic rings. The van der Waals surface area contributed by atoms with Crippen molar-refractivity contribution in [3.63, 3.8) is 0 Å². The minimum atomic E-state index is 0.444. The van der Waals surface area contributed by atoms with Crippen molar-refractivity contribution in [2.45, 2.75) is 12.3 Å². The fourth-order valence-electron chi connectivity index (χ4n) is 1.17. The van der Waals surface area contributed by atoms with Gasteiger partial charge in [0.15, 0.2) is 0 Å². The number of alkyl halides is 1. The van der Waals surface area contributed by atoms with Crippen molar-refractivity contribution >= 4 is 22.9 Å². The van der Waals surface area contributed by atoms with E-state index in [-0.39, 0.29) is 0 Å². The molecule has 0 atom stereocenters. The normalized spacial score (nSPS) is 10.4. The fraction of sp³-hybridized carbons (Fsp3) is 0.200. The summed E-state index contributed by atoms with van der Waals surface area (Å²) in [4.78, 5) is 9.80. The lowest BCUT2D eigenvalue weighted by Crippen LogP contribution is -1.97. The van der Waals surface area contributed by atoms with Gasteiger partial charge in [-0.05, 0) is 17.5 Å². The van der Waals surface area contributed by atoms with E-state index >= 15 is 0 Å². The first-order chi connectivity index (χ1) is 6.88. The van der Waals surface area contributed by atoms with Crippen LogP contribution in [0.2, 0.25) is 0 Å². The second-order valence-electron chi connectivity index (χ2n) is 2.85. The van der Waals surface area contributed by atoms with Gasteiger partial charge in [0, 0.05) is 17.5 Å². The van der Waals surface area contributed by atoms with Gasteiger partial charge in [-0.1, -0.05) is 6.07 Å². The lowest BCUT2D eigenvalue weighted by Gasteiger charge is -1.98. The van der Waals surface area contributed by atoms with Crippen LogP contribution in [-0.4, -0.2) is 9.97 Å². The highest BCUT2D eigenvalue weighted by molar-refractivity contribution is 7.09. The molecule has 0 saturated heterocycles. The van der Waals surface area contributed by atoms with Crippen molar-refractivity contribution in [3.05, 3.63) is 46.2 Å². The third-order valence-corrected chi connectivity index (χ3v) is 2.96. The van der Waals surface area contributed by atoms with E-state index in [0.717, 1.165) is 17.9 Å². The number of thiophene rings is 1. The average Bonchev–Trinajstić information content (AvgIpc) is 2.71. The first kappa shape index (κ1) is 9.62. The van der Waals surface area contributed by atoms with Crippen molar-refractivity contribution in [1.82, 2.24) is 9.97 Å². The number of nitrogens with zero attached hydrogens (tertiary/aromatic N) is 2. The molecule has 2 aromatic rings. The van der Waals surface area contributed by atoms with E-state index in [2.05, 4.69) is 21.4 Å². The number of aromatic nitrogens is 2. The van der Waals surface area contributed by atoms with Crippen LogP contribution in [0.3, 0.4) is 0 Å². The predicted octanol–water partition coefficient (Wildman–Crippen LogP) is 2.87. The molecule has 2 rings (SSSR count). The molecule has 0 unspecified atom stereocenters. The Hall–Kier alpha value is -0.930. The Labute approximate surface area is 91.6 Å². The molecule has 0 amide bonds. The number of rotatable bonds is 3. The maximum absolute atomic E-state index is 5.69. The first-order valence-electron chi connectivity index (χ1n) is 4.27. The molecule has 0 aliphatic carbocycles. The molecule has 2 nitrogen and oxygen atoms in total. The quantitative estimate of drug-likeness (QED) is 0.750. The molecule has 0 spiro atoms. The molecule has 14 heavy (non-hydrogen) atoms. The van der Waals surface area contributed by atoms with Gasteiger partial charge in [0.1, 0.15) is 5.82 Å². The summed E-state index contributed by atoms with van der Waals surface area (Å²) in [6.45, 7) is 0. The molecule has 2 aromatic heterocycles. The highest BCUT2D eigenvalue weighted by Crippen LogP contribution is 2.12. The van der Waals surface area contributed by atoms with E-state index in [1.54, 1.807) is 17.5 Å². The van der Waals surface area contributed by atoms with Crippen molar-refractivity contribution in [1.29, 1.82) is 0 Å². The van der Waals surface area contributed by atoms with E-state index in [9.17, 15) is 0 Å². The van der Waals surface area contributed by atoms with Crippen LogP contribution in [0.25, 0.3) is 0 Å². The third-order valence-electron chi connectivity index (χ3n) is 1.81. The second kappa shape index (κ2) is 4.53. The standard InChI is InChI=1S/C10H9ClN2S/c11-7-8-3-4-12-10(13-8)6-9-2-1-5-14-9/h1-5H,6-7H2. The molecule has 4 heteroatoms. The SMILES string of the molecule is ClCc1ccnc(Cc2cccs2)n1. The summed E-state index contributed by atoms with van der Waals surface area (Å²) >= 11 is 7.41. The molecule has 0 aromatic carbocycles. The third kappa shape index (κ3) is 2.30. The van der Waals surface area contributed by atoms with Crippen LogP contribution in [0, 0.1) is 0 Å². The Morgan fingerprint density at radius 1 is 1.36 bits per heavy atom. The van der Waals surface area contributed by atoms with Crippen LogP contribution >= 0.6 is 22.9 Å². The molecule has 72 valence electrons. The van der Waals surface area contributed by atoms with Crippen LogP contribution in [0.1, 0.15) is 16.4 Å². The number of hydrogen-bond donors (Lipinski definition) is 0. The van der Waals surface area contributed by atoms with E-state index in [0.29, 0.717) is 5.88 Å². The lowest BCUT2D eigenvalue weighted by molar-refractivity contribution is 0.945. The van der Waals surface area contributed by atoms with Crippen LogP contribution in [0.5, 0.6) is 0 Å². The fourth-order valence-corrected chi connectivity index (χ4v) is 2.02. The van der Waals surface area contributed by atoms with Crippen molar-refractivity contribution in [2.24, 2.45) is 0 Å². The summed E-state index contributed by atoms with van der Waals surface area (Å²) in [5.74, 6) is 1.28. The first-order valence-corrected chi connectivity index (χ1v) is 5.69. The molecule has 0 N–H and O–H groups in total. The second-order valence-corrected chi connectivity index (χ2v) is 4.15. The Balaban J connectivity index is 2.17. The minimum absolute atomic E-state index is 0.444. The highest BCUT2D eigenvalue weighted by atomic mass is 35.5. The van der Waals surface area contributed by atoms with E-state index in [1.807, 2.05) is 12.1 Å². The summed E-state index contributed by atoms with van der Waals surface area (Å²) in [7, 11) is 0. The Kier molecular flexibility index (Phi) is 3.11. The summed E-state index contributed by atoms with van der Waals surface area (Å²) in [6, 6.07) is 5.96. The van der Waals surface area contributed by atoms with Crippen molar-refractivity contribution in [2.75, 3.05) is 0 Å². The van der Waals surface area contributed by atoms with Gasteiger partial charge in [-0.2, -0.15) is 0 Å². The van der Waals surface area contributed by atoms with Crippen LogP contribution in [-0.2, 0) is 12.3 Å². The topological polar surface area (TPSA) is 25.8 Å². The van der Waals surface area contributed by atoms with Gasteiger partial charge in [0.25, 0.3) is 0 Å². The highest BCUT2D eigenvalue weighted by Gasteiger charge is 2.00. The van der Waals surface area contributed by atoms with Gasteiger partial charge in [-0.3, -0.25) is 0 Å². The van der Waals surface area contributed by atoms with Gasteiger partial charge in [0.2, 0.25) is 0 Å². The van der Waals surface area contributed by atoms with Gasteiger partial charge < -0.3 is 0 Å². The van der Waals surface area contributed by atoms with Crippen LogP contribution in [0.15, 0.2) is 29.8 Å². The van der Waals surface area contributed by atoms with Crippen molar-refractivity contribution < 1.29 is 0 Å². The zero-order valence-electron chi connectivity index (χ0n) is 7.48. The zero-order chi connectivity index (χ0) is 9.80. The lowest BCUT2D eigenvalue weighted by atomic mass is 10.3. The smallest absolute Gasteiger partial charge is 0.133 e. The van der Waals surface area contributed by atoms with Gasteiger partial charge in [-0.25, -0.2) is 9.97 Å². The number of halogens is 1. The minimum Gasteiger partial charge on any atom is -0.241 e. The van der Waals surface area contributed by atoms with E-state index in [4.69, 9.17) is 11.6 Å². The van der Waals surface area contributed by atoms with E-state index in [1.165, 1.54) is 4.88 Å². The predicted molar refractivity (Wildman–Crippen MR) is 58.7 cm³/mol. The average molecular weight is 225 g/mol. The van der Waals surface area contributed by atoms with Gasteiger partial charge >= 0.3 is 0 Å². The van der Waals surface area contributed by atoms with Crippen LogP contribution in [0.4, 0.5) is 0 Å². The molecule has 2 heterocycles. The molecular formula is C10H9ClN2S. The Morgan fingerprint density at radius 2 is 2.29 bits per heavy atom. The molecule has 0 aliphatic heterocycles. The summed E-state index contributed by atoms with van der Waals surface area (Å²) in [5.41, 5.74) is 0.883. The zero-order valence-corrected chi connectivity index (χ0v) is 9.05. The van der Waals surface area contributed by atoms with Crippen molar-refractivity contribution in [3.8, 4) is 0 Å². The number of hydrogen-bond acceptors (Lipinski definition) is 3. The maximum Gasteiger partial charge on any atom is 0.133 e. The molecule has 0 fully saturated rings.